The number of hydrogen-bond donors (Lipinski definition) is 2. The Kier molecular flexibility index (Phi) is 8.66. The lowest BCUT2D eigenvalue weighted by atomic mass is 10.1. The molecule has 23 heavy (non-hydrogen) atoms. The highest BCUT2D eigenvalue weighted by atomic mass is 16.4. The first-order valence-electron chi connectivity index (χ1n) is 8.77. The molecule has 0 heterocycles. The predicted octanol–water partition coefficient (Wildman–Crippen LogP) is 2.17. The molecular formula is C17H30N2O4. The first-order valence-corrected chi connectivity index (χ1v) is 8.77. The van der Waals surface area contributed by atoms with Crippen LogP contribution in [-0.2, 0) is 14.4 Å². The van der Waals surface area contributed by atoms with Gasteiger partial charge in [-0.25, -0.2) is 0 Å². The van der Waals surface area contributed by atoms with Gasteiger partial charge in [0.15, 0.2) is 0 Å². The normalized spacial score (nSPS) is 20.3. The summed E-state index contributed by atoms with van der Waals surface area (Å²) in [6, 6.07) is -0.0315. The van der Waals surface area contributed by atoms with E-state index in [-0.39, 0.29) is 23.8 Å². The lowest BCUT2D eigenvalue weighted by Gasteiger charge is -2.21. The maximum absolute atomic E-state index is 12.1. The second kappa shape index (κ2) is 10.2. The number of aliphatic carboxylic acids is 1. The Bertz CT molecular complexity index is 405. The molecule has 1 fully saturated rings. The van der Waals surface area contributed by atoms with Gasteiger partial charge in [-0.05, 0) is 38.5 Å². The van der Waals surface area contributed by atoms with Gasteiger partial charge in [-0.3, -0.25) is 14.4 Å². The van der Waals surface area contributed by atoms with Crippen molar-refractivity contribution in [3.63, 3.8) is 0 Å². The number of carboxylic acids is 1. The van der Waals surface area contributed by atoms with Gasteiger partial charge in [-0.15, -0.1) is 0 Å². The third kappa shape index (κ3) is 7.01. The van der Waals surface area contributed by atoms with E-state index in [4.69, 9.17) is 5.11 Å². The Labute approximate surface area is 138 Å². The molecule has 6 heteroatoms. The van der Waals surface area contributed by atoms with Crippen LogP contribution >= 0.6 is 0 Å². The first-order chi connectivity index (χ1) is 11.0. The van der Waals surface area contributed by atoms with Crippen LogP contribution in [0.1, 0.15) is 65.2 Å². The number of nitrogens with zero attached hydrogens (tertiary/aromatic N) is 1. The van der Waals surface area contributed by atoms with Crippen molar-refractivity contribution in [2.24, 2.45) is 5.92 Å². The lowest BCUT2D eigenvalue weighted by Crippen LogP contribution is -2.34. The fraction of sp³-hybridized carbons (Fsp3) is 0.824. The summed E-state index contributed by atoms with van der Waals surface area (Å²) >= 11 is 0. The smallest absolute Gasteiger partial charge is 0.306 e. The van der Waals surface area contributed by atoms with Crippen molar-refractivity contribution in [3.8, 4) is 0 Å². The molecule has 1 rings (SSSR count). The highest BCUT2D eigenvalue weighted by Crippen LogP contribution is 2.25. The largest absolute Gasteiger partial charge is 0.481 e. The number of hydrogen-bond acceptors (Lipinski definition) is 3. The van der Waals surface area contributed by atoms with Gasteiger partial charge < -0.3 is 15.3 Å². The molecule has 132 valence electrons. The van der Waals surface area contributed by atoms with Crippen molar-refractivity contribution in [1.82, 2.24) is 10.2 Å². The summed E-state index contributed by atoms with van der Waals surface area (Å²) < 4.78 is 0. The molecule has 0 bridgehead atoms. The Morgan fingerprint density at radius 2 is 1.74 bits per heavy atom. The molecule has 2 amide bonds. The van der Waals surface area contributed by atoms with E-state index >= 15 is 0 Å². The van der Waals surface area contributed by atoms with Gasteiger partial charge >= 0.3 is 5.97 Å². The van der Waals surface area contributed by atoms with Crippen LogP contribution in [0.4, 0.5) is 0 Å². The van der Waals surface area contributed by atoms with Crippen LogP contribution < -0.4 is 5.32 Å². The summed E-state index contributed by atoms with van der Waals surface area (Å²) in [5, 5.41) is 11.8. The Hall–Kier alpha value is -1.59. The molecular weight excluding hydrogens is 296 g/mol. The summed E-state index contributed by atoms with van der Waals surface area (Å²) in [5.74, 6) is -1.07. The second-order valence-electron chi connectivity index (χ2n) is 6.35. The van der Waals surface area contributed by atoms with E-state index in [0.29, 0.717) is 32.1 Å². The molecule has 1 saturated carbocycles. The van der Waals surface area contributed by atoms with Gasteiger partial charge in [-0.1, -0.05) is 13.8 Å². The molecule has 0 aliphatic heterocycles. The number of nitrogens with one attached hydrogen (secondary N) is 1. The molecule has 0 saturated heterocycles. The summed E-state index contributed by atoms with van der Waals surface area (Å²) in [7, 11) is 0. The van der Waals surface area contributed by atoms with E-state index in [0.717, 1.165) is 32.4 Å². The van der Waals surface area contributed by atoms with Gasteiger partial charge in [0.1, 0.15) is 0 Å². The van der Waals surface area contributed by atoms with Crippen LogP contribution in [0.2, 0.25) is 0 Å². The Morgan fingerprint density at radius 1 is 1.09 bits per heavy atom. The molecule has 1 aliphatic rings. The minimum Gasteiger partial charge on any atom is -0.481 e. The number of amides is 2. The molecule has 0 unspecified atom stereocenters. The van der Waals surface area contributed by atoms with Crippen LogP contribution in [0.25, 0.3) is 0 Å². The Morgan fingerprint density at radius 3 is 2.26 bits per heavy atom. The van der Waals surface area contributed by atoms with Crippen molar-refractivity contribution in [2.45, 2.75) is 71.3 Å². The first kappa shape index (κ1) is 19.5. The minimum atomic E-state index is -0.778. The molecule has 0 aromatic carbocycles. The fourth-order valence-corrected chi connectivity index (χ4v) is 3.10. The summed E-state index contributed by atoms with van der Waals surface area (Å²) in [5.41, 5.74) is 0. The van der Waals surface area contributed by atoms with Crippen molar-refractivity contribution in [2.75, 3.05) is 13.1 Å². The average molecular weight is 326 g/mol. The third-order valence-corrected chi connectivity index (χ3v) is 4.28. The van der Waals surface area contributed by atoms with E-state index in [1.54, 1.807) is 0 Å². The fourth-order valence-electron chi connectivity index (χ4n) is 3.10. The van der Waals surface area contributed by atoms with E-state index in [1.165, 1.54) is 0 Å². The summed E-state index contributed by atoms with van der Waals surface area (Å²) in [6.07, 6.45) is 5.02. The highest BCUT2D eigenvalue weighted by Gasteiger charge is 2.30. The second-order valence-corrected chi connectivity index (χ2v) is 6.35. The number of carbonyl (C=O) groups excluding carboxylic acids is 2. The maximum Gasteiger partial charge on any atom is 0.306 e. The zero-order valence-electron chi connectivity index (χ0n) is 14.3. The number of carboxylic acid groups (broad SMARTS) is 1. The van der Waals surface area contributed by atoms with Gasteiger partial charge in [0.05, 0.1) is 5.92 Å². The van der Waals surface area contributed by atoms with Crippen molar-refractivity contribution < 1.29 is 19.5 Å². The topological polar surface area (TPSA) is 86.7 Å². The number of rotatable bonds is 10. The third-order valence-electron chi connectivity index (χ3n) is 4.28. The van der Waals surface area contributed by atoms with Gasteiger partial charge in [0, 0.05) is 32.0 Å². The van der Waals surface area contributed by atoms with Crippen LogP contribution in [-0.4, -0.2) is 46.9 Å². The zero-order chi connectivity index (χ0) is 17.2. The van der Waals surface area contributed by atoms with E-state index in [2.05, 4.69) is 19.2 Å². The molecule has 6 nitrogen and oxygen atoms in total. The lowest BCUT2D eigenvalue weighted by molar-refractivity contribution is -0.141. The SMILES string of the molecule is CCCN(CCC)C(=O)CCCC(=O)N[C@H]1CC[C@@H](C(=O)O)C1. The minimum absolute atomic E-state index is 0.0315. The Balaban J connectivity index is 2.23. The van der Waals surface area contributed by atoms with Crippen molar-refractivity contribution >= 4 is 17.8 Å². The maximum atomic E-state index is 12.1. The zero-order valence-corrected chi connectivity index (χ0v) is 14.3. The van der Waals surface area contributed by atoms with E-state index < -0.39 is 5.97 Å². The monoisotopic (exact) mass is 326 g/mol. The van der Waals surface area contributed by atoms with Crippen molar-refractivity contribution in [3.05, 3.63) is 0 Å². The molecule has 0 radical (unpaired) electrons. The van der Waals surface area contributed by atoms with Crippen LogP contribution in [0.15, 0.2) is 0 Å². The molecule has 2 atom stereocenters. The van der Waals surface area contributed by atoms with Gasteiger partial charge in [0.25, 0.3) is 0 Å². The van der Waals surface area contributed by atoms with Gasteiger partial charge in [-0.2, -0.15) is 0 Å². The van der Waals surface area contributed by atoms with Crippen LogP contribution in [0, 0.1) is 5.92 Å². The molecule has 0 aromatic heterocycles. The summed E-state index contributed by atoms with van der Waals surface area (Å²) in [4.78, 5) is 36.8. The highest BCUT2D eigenvalue weighted by molar-refractivity contribution is 5.79. The van der Waals surface area contributed by atoms with E-state index in [9.17, 15) is 14.4 Å². The average Bonchev–Trinajstić information content (AvgIpc) is 2.95. The predicted molar refractivity (Wildman–Crippen MR) is 87.9 cm³/mol. The molecule has 0 spiro atoms. The number of carbonyl (C=O) groups is 3. The van der Waals surface area contributed by atoms with Crippen molar-refractivity contribution in [1.29, 1.82) is 0 Å². The van der Waals surface area contributed by atoms with Crippen LogP contribution in [0.3, 0.4) is 0 Å². The molecule has 1 aliphatic carbocycles. The standard InChI is InChI=1S/C17H30N2O4/c1-3-10-19(11-4-2)16(21)7-5-6-15(20)18-14-9-8-13(12-14)17(22)23/h13-14H,3-12H2,1-2H3,(H,18,20)(H,22,23)/t13-,14+/m1/s1. The van der Waals surface area contributed by atoms with Crippen LogP contribution in [0.5, 0.6) is 0 Å². The van der Waals surface area contributed by atoms with Gasteiger partial charge in [0.2, 0.25) is 11.8 Å². The quantitative estimate of drug-likeness (QED) is 0.644. The molecule has 2 N–H and O–H groups in total. The molecule has 0 aromatic rings. The van der Waals surface area contributed by atoms with E-state index in [1.807, 2.05) is 4.90 Å². The summed E-state index contributed by atoms with van der Waals surface area (Å²) in [6.45, 7) is 5.65.